The molecule has 1 saturated heterocycles. The van der Waals surface area contributed by atoms with E-state index in [0.29, 0.717) is 18.4 Å². The summed E-state index contributed by atoms with van der Waals surface area (Å²) in [5, 5.41) is 3.37. The summed E-state index contributed by atoms with van der Waals surface area (Å²) in [6.07, 6.45) is 8.31. The predicted molar refractivity (Wildman–Crippen MR) is 92.5 cm³/mol. The average Bonchev–Trinajstić information content (AvgIpc) is 2.54. The van der Waals surface area contributed by atoms with Gasteiger partial charge in [-0.3, -0.25) is 0 Å². The second kappa shape index (κ2) is 7.67. The molecule has 2 aliphatic rings. The largest absolute Gasteiger partial charge is 0.490 e. The SMILES string of the molecule is O=S1(=O)CCC[C@@H](NCc2ccc(OC3CCCCC3)cc2)C1. The van der Waals surface area contributed by atoms with Crippen molar-refractivity contribution < 1.29 is 13.2 Å². The van der Waals surface area contributed by atoms with Crippen molar-refractivity contribution in [2.75, 3.05) is 11.5 Å². The van der Waals surface area contributed by atoms with Crippen LogP contribution in [0, 0.1) is 0 Å². The Labute approximate surface area is 139 Å². The number of rotatable bonds is 5. The topological polar surface area (TPSA) is 55.4 Å². The van der Waals surface area contributed by atoms with Crippen LogP contribution in [0.3, 0.4) is 0 Å². The lowest BCUT2D eigenvalue weighted by molar-refractivity contribution is 0.155. The molecule has 1 saturated carbocycles. The third kappa shape index (κ3) is 5.21. The molecule has 1 aliphatic carbocycles. The number of sulfone groups is 1. The Bertz CT molecular complexity index is 591. The van der Waals surface area contributed by atoms with Crippen molar-refractivity contribution in [1.82, 2.24) is 5.32 Å². The molecule has 128 valence electrons. The molecule has 1 aromatic rings. The quantitative estimate of drug-likeness (QED) is 0.897. The van der Waals surface area contributed by atoms with E-state index in [9.17, 15) is 8.42 Å². The first kappa shape index (κ1) is 16.8. The number of hydrogen-bond donors (Lipinski definition) is 1. The molecule has 1 aromatic carbocycles. The van der Waals surface area contributed by atoms with E-state index in [4.69, 9.17) is 4.74 Å². The first-order chi connectivity index (χ1) is 11.1. The zero-order chi connectivity index (χ0) is 16.1. The highest BCUT2D eigenvalue weighted by atomic mass is 32.2. The van der Waals surface area contributed by atoms with E-state index in [-0.39, 0.29) is 11.8 Å². The Kier molecular flexibility index (Phi) is 5.59. The number of benzene rings is 1. The highest BCUT2D eigenvalue weighted by molar-refractivity contribution is 7.91. The van der Waals surface area contributed by atoms with Crippen LogP contribution in [0.2, 0.25) is 0 Å². The smallest absolute Gasteiger partial charge is 0.151 e. The zero-order valence-corrected chi connectivity index (χ0v) is 14.5. The molecule has 0 amide bonds. The fraction of sp³-hybridized carbons (Fsp3) is 0.667. The molecule has 0 spiro atoms. The highest BCUT2D eigenvalue weighted by Crippen LogP contribution is 2.23. The van der Waals surface area contributed by atoms with E-state index < -0.39 is 9.84 Å². The molecule has 2 fully saturated rings. The van der Waals surface area contributed by atoms with E-state index >= 15 is 0 Å². The van der Waals surface area contributed by atoms with Gasteiger partial charge in [0.1, 0.15) is 5.75 Å². The van der Waals surface area contributed by atoms with E-state index in [0.717, 1.165) is 18.6 Å². The van der Waals surface area contributed by atoms with Gasteiger partial charge in [0.15, 0.2) is 9.84 Å². The standard InChI is InChI=1S/C18H27NO3S/c20-23(21)12-4-5-16(14-23)19-13-15-8-10-18(11-9-15)22-17-6-2-1-3-7-17/h8-11,16-17,19H,1-7,12-14H2/t16-/m1/s1. The molecular weight excluding hydrogens is 310 g/mol. The van der Waals surface area contributed by atoms with Crippen molar-refractivity contribution >= 4 is 9.84 Å². The van der Waals surface area contributed by atoms with Crippen molar-refractivity contribution in [3.8, 4) is 5.75 Å². The molecular formula is C18H27NO3S. The Balaban J connectivity index is 1.47. The minimum Gasteiger partial charge on any atom is -0.490 e. The number of ether oxygens (including phenoxy) is 1. The Morgan fingerprint density at radius 1 is 1.00 bits per heavy atom. The minimum absolute atomic E-state index is 0.0897. The van der Waals surface area contributed by atoms with Gasteiger partial charge in [-0.15, -0.1) is 0 Å². The van der Waals surface area contributed by atoms with Gasteiger partial charge < -0.3 is 10.1 Å². The molecule has 0 bridgehead atoms. The van der Waals surface area contributed by atoms with Crippen molar-refractivity contribution in [1.29, 1.82) is 0 Å². The molecule has 0 radical (unpaired) electrons. The summed E-state index contributed by atoms with van der Waals surface area (Å²) < 4.78 is 29.3. The molecule has 0 unspecified atom stereocenters. The summed E-state index contributed by atoms with van der Waals surface area (Å²) >= 11 is 0. The van der Waals surface area contributed by atoms with Crippen LogP contribution in [0.15, 0.2) is 24.3 Å². The monoisotopic (exact) mass is 337 g/mol. The van der Waals surface area contributed by atoms with Gasteiger partial charge in [0.2, 0.25) is 0 Å². The van der Waals surface area contributed by atoms with Gasteiger partial charge in [-0.25, -0.2) is 8.42 Å². The first-order valence-electron chi connectivity index (χ1n) is 8.80. The summed E-state index contributed by atoms with van der Waals surface area (Å²) in [7, 11) is -2.84. The Hall–Kier alpha value is -1.07. The van der Waals surface area contributed by atoms with Crippen LogP contribution in [0.4, 0.5) is 0 Å². The highest BCUT2D eigenvalue weighted by Gasteiger charge is 2.24. The average molecular weight is 337 g/mol. The normalized spacial score (nSPS) is 25.1. The van der Waals surface area contributed by atoms with Gasteiger partial charge in [0, 0.05) is 12.6 Å². The molecule has 3 rings (SSSR count). The summed E-state index contributed by atoms with van der Waals surface area (Å²) in [6, 6.07) is 8.30. The van der Waals surface area contributed by atoms with Crippen molar-refractivity contribution in [2.24, 2.45) is 0 Å². The molecule has 0 aromatic heterocycles. The summed E-state index contributed by atoms with van der Waals surface area (Å²) in [6.45, 7) is 0.712. The van der Waals surface area contributed by atoms with Gasteiger partial charge in [-0.2, -0.15) is 0 Å². The first-order valence-corrected chi connectivity index (χ1v) is 10.6. The van der Waals surface area contributed by atoms with Gasteiger partial charge in [0.25, 0.3) is 0 Å². The maximum absolute atomic E-state index is 11.6. The van der Waals surface area contributed by atoms with Gasteiger partial charge in [-0.05, 0) is 56.2 Å². The summed E-state index contributed by atoms with van der Waals surface area (Å²) in [5.74, 6) is 1.56. The maximum atomic E-state index is 11.6. The second-order valence-corrected chi connectivity index (χ2v) is 9.08. The predicted octanol–water partition coefficient (Wildman–Crippen LogP) is 3.06. The van der Waals surface area contributed by atoms with Crippen LogP contribution in [0.5, 0.6) is 5.75 Å². The molecule has 4 nitrogen and oxygen atoms in total. The van der Waals surface area contributed by atoms with Gasteiger partial charge in [-0.1, -0.05) is 18.6 Å². The second-order valence-electron chi connectivity index (χ2n) is 6.86. The summed E-state index contributed by atoms with van der Waals surface area (Å²) in [5.41, 5.74) is 1.17. The number of hydrogen-bond acceptors (Lipinski definition) is 4. The fourth-order valence-electron chi connectivity index (χ4n) is 3.51. The van der Waals surface area contributed by atoms with Crippen LogP contribution in [0.25, 0.3) is 0 Å². The maximum Gasteiger partial charge on any atom is 0.151 e. The van der Waals surface area contributed by atoms with Crippen LogP contribution >= 0.6 is 0 Å². The molecule has 23 heavy (non-hydrogen) atoms. The third-order valence-corrected chi connectivity index (χ3v) is 6.66. The third-order valence-electron chi connectivity index (χ3n) is 4.84. The minimum atomic E-state index is -2.84. The van der Waals surface area contributed by atoms with E-state index in [1.807, 2.05) is 12.1 Å². The van der Waals surface area contributed by atoms with Crippen LogP contribution in [-0.2, 0) is 16.4 Å². The lowest BCUT2D eigenvalue weighted by Gasteiger charge is -2.24. The van der Waals surface area contributed by atoms with E-state index in [1.165, 1.54) is 37.7 Å². The fourth-order valence-corrected chi connectivity index (χ4v) is 5.18. The lowest BCUT2D eigenvalue weighted by atomic mass is 9.98. The molecule has 1 aliphatic heterocycles. The van der Waals surface area contributed by atoms with Crippen LogP contribution in [-0.4, -0.2) is 32.1 Å². The molecule has 5 heteroatoms. The number of nitrogens with one attached hydrogen (secondary N) is 1. The Morgan fingerprint density at radius 3 is 2.43 bits per heavy atom. The Morgan fingerprint density at radius 2 is 1.74 bits per heavy atom. The van der Waals surface area contributed by atoms with Crippen LogP contribution < -0.4 is 10.1 Å². The van der Waals surface area contributed by atoms with Crippen molar-refractivity contribution in [3.05, 3.63) is 29.8 Å². The lowest BCUT2D eigenvalue weighted by Crippen LogP contribution is -2.39. The van der Waals surface area contributed by atoms with Gasteiger partial charge in [0.05, 0.1) is 17.6 Å². The zero-order valence-electron chi connectivity index (χ0n) is 13.7. The summed E-state index contributed by atoms with van der Waals surface area (Å²) in [4.78, 5) is 0. The van der Waals surface area contributed by atoms with E-state index in [1.54, 1.807) is 0 Å². The molecule has 1 N–H and O–H groups in total. The van der Waals surface area contributed by atoms with Crippen molar-refractivity contribution in [3.63, 3.8) is 0 Å². The van der Waals surface area contributed by atoms with Crippen LogP contribution in [0.1, 0.15) is 50.5 Å². The molecule has 1 atom stereocenters. The molecule has 1 heterocycles. The van der Waals surface area contributed by atoms with Crippen molar-refractivity contribution in [2.45, 2.75) is 63.6 Å². The van der Waals surface area contributed by atoms with E-state index in [2.05, 4.69) is 17.4 Å². The van der Waals surface area contributed by atoms with Gasteiger partial charge >= 0.3 is 0 Å².